The highest BCUT2D eigenvalue weighted by Gasteiger charge is 2.29. The molecule has 4 heterocycles. The van der Waals surface area contributed by atoms with Gasteiger partial charge in [-0.1, -0.05) is 0 Å². The molecule has 10 nitrogen and oxygen atoms in total. The normalized spacial score (nSPS) is 19.3. The summed E-state index contributed by atoms with van der Waals surface area (Å²) < 4.78 is 5.65. The van der Waals surface area contributed by atoms with Gasteiger partial charge in [-0.25, -0.2) is 25.1 Å². The van der Waals surface area contributed by atoms with E-state index in [9.17, 15) is 10.4 Å². The molecule has 2 atom stereocenters. The highest BCUT2D eigenvalue weighted by Crippen LogP contribution is 2.32. The first-order valence-electron chi connectivity index (χ1n) is 11.1. The lowest BCUT2D eigenvalue weighted by molar-refractivity contribution is -0.991. The summed E-state index contributed by atoms with van der Waals surface area (Å²) >= 11 is 0. The maximum Gasteiger partial charge on any atom is 0.163 e. The van der Waals surface area contributed by atoms with Gasteiger partial charge in [0, 0.05) is 48.1 Å². The lowest BCUT2D eigenvalue weighted by Gasteiger charge is -2.38. The Morgan fingerprint density at radius 3 is 2.70 bits per heavy atom. The van der Waals surface area contributed by atoms with Crippen LogP contribution in [0.3, 0.4) is 0 Å². The second kappa shape index (κ2) is 8.99. The van der Waals surface area contributed by atoms with Crippen LogP contribution in [0.4, 0.5) is 17.3 Å². The van der Waals surface area contributed by atoms with Gasteiger partial charge >= 0.3 is 0 Å². The first-order valence-corrected chi connectivity index (χ1v) is 11.1. The minimum Gasteiger partial charge on any atom is -0.595 e. The largest absolute Gasteiger partial charge is 0.595 e. The van der Waals surface area contributed by atoms with E-state index in [0.29, 0.717) is 25.6 Å². The fraction of sp³-hybridized carbons (Fsp3) is 0.391. The zero-order valence-electron chi connectivity index (χ0n) is 18.7. The van der Waals surface area contributed by atoms with E-state index >= 15 is 0 Å². The summed E-state index contributed by atoms with van der Waals surface area (Å²) in [6, 6.07) is 8.92. The van der Waals surface area contributed by atoms with E-state index in [1.807, 2.05) is 13.0 Å². The van der Waals surface area contributed by atoms with E-state index in [2.05, 4.69) is 26.7 Å². The van der Waals surface area contributed by atoms with Gasteiger partial charge in [0.2, 0.25) is 0 Å². The van der Waals surface area contributed by atoms with Crippen LogP contribution in [-0.4, -0.2) is 57.5 Å². The van der Waals surface area contributed by atoms with Crippen molar-refractivity contribution in [2.45, 2.75) is 32.9 Å². The van der Waals surface area contributed by atoms with Crippen LogP contribution in [0, 0.1) is 12.1 Å². The van der Waals surface area contributed by atoms with Gasteiger partial charge in [-0.3, -0.25) is 0 Å². The molecule has 5 rings (SSSR count). The van der Waals surface area contributed by atoms with E-state index in [0.717, 1.165) is 53.7 Å². The van der Waals surface area contributed by atoms with Crippen molar-refractivity contribution in [1.82, 2.24) is 19.9 Å². The van der Waals surface area contributed by atoms with Gasteiger partial charge in [0.05, 0.1) is 31.5 Å². The van der Waals surface area contributed by atoms with Crippen molar-refractivity contribution in [2.24, 2.45) is 0 Å². The molecule has 1 saturated heterocycles. The Labute approximate surface area is 192 Å². The van der Waals surface area contributed by atoms with Gasteiger partial charge in [0.25, 0.3) is 0 Å². The molecule has 2 aromatic heterocycles. The Hall–Kier alpha value is -3.18. The number of rotatable bonds is 4. The first kappa shape index (κ1) is 21.7. The number of benzene rings is 1. The number of hydrogen-bond acceptors (Lipinski definition) is 9. The highest BCUT2D eigenvalue weighted by molar-refractivity contribution is 5.63. The molecule has 0 radical (unpaired) electrons. The molecule has 3 aromatic rings. The molecule has 33 heavy (non-hydrogen) atoms. The van der Waals surface area contributed by atoms with Crippen molar-refractivity contribution in [3.05, 3.63) is 58.8 Å². The van der Waals surface area contributed by atoms with E-state index in [1.54, 1.807) is 30.6 Å². The van der Waals surface area contributed by atoms with E-state index in [-0.39, 0.29) is 11.7 Å². The van der Waals surface area contributed by atoms with Gasteiger partial charge in [-0.2, -0.15) is 5.23 Å². The van der Waals surface area contributed by atoms with Gasteiger partial charge < -0.3 is 19.7 Å². The summed E-state index contributed by atoms with van der Waals surface area (Å²) in [4.78, 5) is 23.1. The second-order valence-corrected chi connectivity index (χ2v) is 8.49. The first-order chi connectivity index (χ1) is 16.0. The molecule has 0 saturated carbocycles. The molecule has 1 unspecified atom stereocenters. The molecule has 2 N–H and O–H groups in total. The average Bonchev–Trinajstić information content (AvgIpc) is 2.83. The summed E-state index contributed by atoms with van der Waals surface area (Å²) in [7, 11) is 0. The summed E-state index contributed by atoms with van der Waals surface area (Å²) in [6.07, 6.45) is 2.41. The molecule has 2 aliphatic rings. The predicted octanol–water partition coefficient (Wildman–Crippen LogP) is 1.43. The van der Waals surface area contributed by atoms with E-state index < -0.39 is 5.23 Å². The van der Waals surface area contributed by atoms with Crippen molar-refractivity contribution >= 4 is 17.3 Å². The number of hydrogen-bond donors (Lipinski definition) is 2. The number of fused-ring (bicyclic) bond motifs is 1. The molecule has 0 spiro atoms. The van der Waals surface area contributed by atoms with E-state index in [1.165, 1.54) is 0 Å². The molecular weight excluding hydrogens is 422 g/mol. The van der Waals surface area contributed by atoms with Gasteiger partial charge in [0.15, 0.2) is 11.5 Å². The summed E-state index contributed by atoms with van der Waals surface area (Å²) in [5.41, 5.74) is 4.09. The number of aromatic nitrogens is 4. The molecule has 2 aliphatic heterocycles. The van der Waals surface area contributed by atoms with Crippen LogP contribution in [-0.2, 0) is 17.7 Å². The van der Waals surface area contributed by atoms with Crippen LogP contribution in [0.25, 0.3) is 11.4 Å². The van der Waals surface area contributed by atoms with Crippen molar-refractivity contribution in [3.8, 4) is 11.4 Å². The zero-order valence-corrected chi connectivity index (χ0v) is 18.7. The van der Waals surface area contributed by atoms with Crippen molar-refractivity contribution in [1.29, 1.82) is 0 Å². The number of anilines is 2. The highest BCUT2D eigenvalue weighted by atomic mass is 16.8. The zero-order chi connectivity index (χ0) is 22.9. The third kappa shape index (κ3) is 4.38. The number of nitrogens with one attached hydrogen (secondary N) is 1. The molecule has 0 aliphatic carbocycles. The lowest BCUT2D eigenvalue weighted by Crippen LogP contribution is -2.99. The fourth-order valence-corrected chi connectivity index (χ4v) is 4.39. The minimum atomic E-state index is -0.952. The molecule has 1 fully saturated rings. The SMILES string of the molecule is Cc1cc(N2CCc3c(nc(-c4ccc([NH+]([O-])O)cc4)nc3N3CCOC[C@@H]3C)C2)ncn1. The van der Waals surface area contributed by atoms with Gasteiger partial charge in [-0.05, 0) is 32.4 Å². The summed E-state index contributed by atoms with van der Waals surface area (Å²) in [5.74, 6) is 2.44. The Kier molecular flexibility index (Phi) is 5.90. The quantitative estimate of drug-likeness (QED) is 0.571. The number of quaternary nitrogens is 1. The Morgan fingerprint density at radius 2 is 1.97 bits per heavy atom. The monoisotopic (exact) mass is 449 g/mol. The van der Waals surface area contributed by atoms with Crippen molar-refractivity contribution < 1.29 is 15.2 Å². The number of ether oxygens (including phenoxy) is 1. The number of morpholine rings is 1. The third-order valence-electron chi connectivity index (χ3n) is 6.19. The fourth-order valence-electron chi connectivity index (χ4n) is 4.39. The molecular formula is C23H27N7O3. The topological polar surface area (TPSA) is 115 Å². The smallest absolute Gasteiger partial charge is 0.163 e. The maximum atomic E-state index is 11.3. The molecule has 10 heteroatoms. The molecule has 0 amide bonds. The number of aryl methyl sites for hydroxylation is 1. The van der Waals surface area contributed by atoms with Crippen LogP contribution >= 0.6 is 0 Å². The standard InChI is InChI=1S/C23H27N7O3/c1-15-11-21(25-14-24-15)28-8-7-19-20(12-28)26-22(17-3-5-18(6-4-17)30(31)32)27-23(19)29-9-10-33-13-16(29)2/h3-6,11,14,16,30-31H,7-10,12-13H2,1-2H3/t16-/m0/s1. The Bertz CT molecular complexity index is 1140. The van der Waals surface area contributed by atoms with Crippen molar-refractivity contribution in [3.63, 3.8) is 0 Å². The van der Waals surface area contributed by atoms with Crippen LogP contribution in [0.2, 0.25) is 0 Å². The van der Waals surface area contributed by atoms with E-state index in [4.69, 9.17) is 14.7 Å². The molecule has 0 bridgehead atoms. The van der Waals surface area contributed by atoms with Crippen molar-refractivity contribution in [2.75, 3.05) is 36.1 Å². The summed E-state index contributed by atoms with van der Waals surface area (Å²) in [6.45, 7) is 7.66. The van der Waals surface area contributed by atoms with Crippen LogP contribution in [0.5, 0.6) is 0 Å². The third-order valence-corrected chi connectivity index (χ3v) is 6.19. The summed E-state index contributed by atoms with van der Waals surface area (Å²) in [5, 5.41) is 19.6. The molecule has 172 valence electrons. The van der Waals surface area contributed by atoms with Gasteiger partial charge in [-0.15, -0.1) is 0 Å². The van der Waals surface area contributed by atoms with Crippen LogP contribution in [0.1, 0.15) is 23.9 Å². The minimum absolute atomic E-state index is 0.211. The van der Waals surface area contributed by atoms with Crippen LogP contribution < -0.4 is 15.0 Å². The van der Waals surface area contributed by atoms with Crippen LogP contribution in [0.15, 0.2) is 36.7 Å². The second-order valence-electron chi connectivity index (χ2n) is 8.49. The number of nitrogens with zero attached hydrogens (tertiary/aromatic N) is 6. The van der Waals surface area contributed by atoms with Gasteiger partial charge in [0.1, 0.15) is 18.0 Å². The maximum absolute atomic E-state index is 11.3. The Morgan fingerprint density at radius 1 is 1.15 bits per heavy atom. The predicted molar refractivity (Wildman–Crippen MR) is 122 cm³/mol. The average molecular weight is 450 g/mol. The lowest BCUT2D eigenvalue weighted by atomic mass is 10.0. The molecule has 1 aromatic carbocycles. The Balaban J connectivity index is 1.56.